The first-order valence-electron chi connectivity index (χ1n) is 8.82. The molecule has 4 rings (SSSR count). The van der Waals surface area contributed by atoms with Crippen molar-refractivity contribution < 1.29 is 9.18 Å². The fourth-order valence-corrected chi connectivity index (χ4v) is 5.02. The highest BCUT2D eigenvalue weighted by molar-refractivity contribution is 9.10. The number of benzene rings is 1. The second kappa shape index (κ2) is 5.70. The fourth-order valence-electron chi connectivity index (χ4n) is 4.32. The number of anilines is 1. The SMILES string of the molecule is CCc1c(Br)cc(F)cc1N1CCn2c(cc3c2CC(C)(C)C3)C1=O. The number of rotatable bonds is 2. The van der Waals surface area contributed by atoms with Gasteiger partial charge in [0.25, 0.3) is 5.91 Å². The Kier molecular flexibility index (Phi) is 3.83. The molecule has 0 bridgehead atoms. The number of carbonyl (C=O) groups is 1. The predicted molar refractivity (Wildman–Crippen MR) is 101 cm³/mol. The lowest BCUT2D eigenvalue weighted by molar-refractivity contribution is 0.0964. The van der Waals surface area contributed by atoms with Crippen LogP contribution in [0.15, 0.2) is 22.7 Å². The summed E-state index contributed by atoms with van der Waals surface area (Å²) >= 11 is 3.44. The summed E-state index contributed by atoms with van der Waals surface area (Å²) in [4.78, 5) is 14.9. The first-order valence-corrected chi connectivity index (χ1v) is 9.61. The highest BCUT2D eigenvalue weighted by Crippen LogP contribution is 2.40. The number of fused-ring (bicyclic) bond motifs is 3. The summed E-state index contributed by atoms with van der Waals surface area (Å²) < 4.78 is 16.9. The molecule has 0 fully saturated rings. The van der Waals surface area contributed by atoms with E-state index in [4.69, 9.17) is 0 Å². The second-order valence-electron chi connectivity index (χ2n) is 7.87. The summed E-state index contributed by atoms with van der Waals surface area (Å²) in [5.41, 5.74) is 5.29. The summed E-state index contributed by atoms with van der Waals surface area (Å²) in [6.07, 6.45) is 2.77. The van der Waals surface area contributed by atoms with Crippen molar-refractivity contribution >= 4 is 27.5 Å². The van der Waals surface area contributed by atoms with Crippen LogP contribution in [0, 0.1) is 11.2 Å². The summed E-state index contributed by atoms with van der Waals surface area (Å²) in [7, 11) is 0. The molecule has 1 aromatic heterocycles. The van der Waals surface area contributed by atoms with Crippen LogP contribution in [0.25, 0.3) is 0 Å². The molecule has 1 amide bonds. The zero-order chi connectivity index (χ0) is 17.9. The number of nitrogens with zero attached hydrogens (tertiary/aromatic N) is 2. The Morgan fingerprint density at radius 3 is 2.68 bits per heavy atom. The van der Waals surface area contributed by atoms with E-state index in [9.17, 15) is 9.18 Å². The summed E-state index contributed by atoms with van der Waals surface area (Å²) in [6.45, 7) is 7.92. The lowest BCUT2D eigenvalue weighted by Gasteiger charge is -2.31. The Bertz CT molecular complexity index is 884. The van der Waals surface area contributed by atoms with E-state index in [-0.39, 0.29) is 17.1 Å². The van der Waals surface area contributed by atoms with Gasteiger partial charge in [-0.3, -0.25) is 4.79 Å². The summed E-state index contributed by atoms with van der Waals surface area (Å²) in [5.74, 6) is -0.345. The van der Waals surface area contributed by atoms with Gasteiger partial charge in [-0.1, -0.05) is 36.7 Å². The van der Waals surface area contributed by atoms with Crippen LogP contribution in [0.5, 0.6) is 0 Å². The van der Waals surface area contributed by atoms with Gasteiger partial charge in [0.15, 0.2) is 0 Å². The van der Waals surface area contributed by atoms with Crippen molar-refractivity contribution in [2.24, 2.45) is 5.41 Å². The van der Waals surface area contributed by atoms with Crippen molar-refractivity contribution in [3.63, 3.8) is 0 Å². The van der Waals surface area contributed by atoms with Gasteiger partial charge in [-0.2, -0.15) is 0 Å². The number of hydrogen-bond acceptors (Lipinski definition) is 1. The molecule has 2 heterocycles. The van der Waals surface area contributed by atoms with Crippen LogP contribution in [0.1, 0.15) is 48.1 Å². The minimum atomic E-state index is -0.322. The third-order valence-corrected chi connectivity index (χ3v) is 6.11. The van der Waals surface area contributed by atoms with Crippen LogP contribution in [-0.4, -0.2) is 17.0 Å². The minimum absolute atomic E-state index is 0.0225. The van der Waals surface area contributed by atoms with E-state index in [0.29, 0.717) is 12.2 Å². The highest BCUT2D eigenvalue weighted by atomic mass is 79.9. The van der Waals surface area contributed by atoms with Gasteiger partial charge >= 0.3 is 0 Å². The van der Waals surface area contributed by atoms with Crippen molar-refractivity contribution in [1.29, 1.82) is 0 Å². The molecule has 3 nitrogen and oxygen atoms in total. The van der Waals surface area contributed by atoms with E-state index in [2.05, 4.69) is 40.4 Å². The predicted octanol–water partition coefficient (Wildman–Crippen LogP) is 4.74. The van der Waals surface area contributed by atoms with Crippen LogP contribution in [-0.2, 0) is 25.8 Å². The third kappa shape index (κ3) is 2.64. The maximum absolute atomic E-state index is 14.0. The molecule has 0 radical (unpaired) electrons. The van der Waals surface area contributed by atoms with Crippen LogP contribution < -0.4 is 4.90 Å². The standard InChI is InChI=1S/C20H22BrFN2O/c1-4-14-15(21)8-13(22)9-16(14)24-6-5-23-17(19(24)25)7-12-10-20(2,3)11-18(12)23/h7-9H,4-6,10-11H2,1-3H3. The maximum Gasteiger partial charge on any atom is 0.274 e. The molecule has 1 aliphatic carbocycles. The molecule has 0 N–H and O–H groups in total. The molecule has 2 aliphatic rings. The van der Waals surface area contributed by atoms with Gasteiger partial charge in [-0.15, -0.1) is 0 Å². The molecule has 25 heavy (non-hydrogen) atoms. The van der Waals surface area contributed by atoms with Crippen LogP contribution >= 0.6 is 15.9 Å². The highest BCUT2D eigenvalue weighted by Gasteiger charge is 2.37. The molecule has 132 valence electrons. The second-order valence-corrected chi connectivity index (χ2v) is 8.72. The Morgan fingerprint density at radius 1 is 1.20 bits per heavy atom. The van der Waals surface area contributed by atoms with E-state index in [0.717, 1.165) is 41.5 Å². The minimum Gasteiger partial charge on any atom is -0.339 e. The van der Waals surface area contributed by atoms with Gasteiger partial charge in [0, 0.05) is 23.3 Å². The molecule has 0 saturated carbocycles. The number of hydrogen-bond donors (Lipinski definition) is 0. The summed E-state index contributed by atoms with van der Waals surface area (Å²) in [6, 6.07) is 5.01. The van der Waals surface area contributed by atoms with Crippen molar-refractivity contribution in [1.82, 2.24) is 4.57 Å². The molecule has 5 heteroatoms. The quantitative estimate of drug-likeness (QED) is 0.709. The summed E-state index contributed by atoms with van der Waals surface area (Å²) in [5, 5.41) is 0. The fraction of sp³-hybridized carbons (Fsp3) is 0.450. The van der Waals surface area contributed by atoms with E-state index in [1.165, 1.54) is 23.4 Å². The van der Waals surface area contributed by atoms with E-state index >= 15 is 0 Å². The Labute approximate surface area is 155 Å². The Hall–Kier alpha value is -1.62. The average molecular weight is 405 g/mol. The van der Waals surface area contributed by atoms with E-state index < -0.39 is 0 Å². The van der Waals surface area contributed by atoms with Crippen molar-refractivity contribution in [2.45, 2.75) is 46.6 Å². The molecule has 2 aromatic rings. The lowest BCUT2D eigenvalue weighted by Crippen LogP contribution is -2.41. The van der Waals surface area contributed by atoms with Gasteiger partial charge in [0.2, 0.25) is 0 Å². The topological polar surface area (TPSA) is 25.2 Å². The zero-order valence-corrected chi connectivity index (χ0v) is 16.4. The third-order valence-electron chi connectivity index (χ3n) is 5.41. The van der Waals surface area contributed by atoms with Gasteiger partial charge in [0.1, 0.15) is 11.5 Å². The molecule has 0 saturated heterocycles. The van der Waals surface area contributed by atoms with Gasteiger partial charge in [-0.05, 0) is 54.0 Å². The number of aromatic nitrogens is 1. The van der Waals surface area contributed by atoms with E-state index in [1.807, 2.05) is 6.92 Å². The van der Waals surface area contributed by atoms with E-state index in [1.54, 1.807) is 4.90 Å². The average Bonchev–Trinajstić information content (AvgIpc) is 2.99. The monoisotopic (exact) mass is 404 g/mol. The molecule has 1 aromatic carbocycles. The molecular formula is C20H22BrFN2O. The maximum atomic E-state index is 14.0. The van der Waals surface area contributed by atoms with Crippen molar-refractivity contribution in [3.05, 3.63) is 51.0 Å². The number of halogens is 2. The van der Waals surface area contributed by atoms with Crippen LogP contribution in [0.3, 0.4) is 0 Å². The zero-order valence-electron chi connectivity index (χ0n) is 14.8. The van der Waals surface area contributed by atoms with Gasteiger partial charge < -0.3 is 9.47 Å². The lowest BCUT2D eigenvalue weighted by atomic mass is 9.90. The van der Waals surface area contributed by atoms with Crippen molar-refractivity contribution in [2.75, 3.05) is 11.4 Å². The molecule has 0 unspecified atom stereocenters. The van der Waals surface area contributed by atoms with Crippen molar-refractivity contribution in [3.8, 4) is 0 Å². The van der Waals surface area contributed by atoms with Crippen LogP contribution in [0.4, 0.5) is 10.1 Å². The largest absolute Gasteiger partial charge is 0.339 e. The first-order chi connectivity index (χ1) is 11.8. The Morgan fingerprint density at radius 2 is 1.96 bits per heavy atom. The Balaban J connectivity index is 1.75. The van der Waals surface area contributed by atoms with Gasteiger partial charge in [-0.25, -0.2) is 4.39 Å². The number of carbonyl (C=O) groups excluding carboxylic acids is 1. The number of amides is 1. The molecule has 0 spiro atoms. The first kappa shape index (κ1) is 16.8. The smallest absolute Gasteiger partial charge is 0.274 e. The van der Waals surface area contributed by atoms with Crippen LogP contribution in [0.2, 0.25) is 0 Å². The molecular weight excluding hydrogens is 383 g/mol. The van der Waals surface area contributed by atoms with Gasteiger partial charge in [0.05, 0.1) is 5.69 Å². The normalized spacial score (nSPS) is 18.4. The molecule has 1 aliphatic heterocycles. The molecule has 0 atom stereocenters.